The fourth-order valence-corrected chi connectivity index (χ4v) is 5.98. The number of nitrogens with one attached hydrogen (secondary N) is 3. The Morgan fingerprint density at radius 3 is 1.39 bits per heavy atom. The molecule has 0 aliphatic heterocycles. The van der Waals surface area contributed by atoms with Crippen molar-refractivity contribution in [1.29, 1.82) is 0 Å². The molecule has 0 saturated carbocycles. The van der Waals surface area contributed by atoms with E-state index in [4.69, 9.17) is 20.9 Å². The van der Waals surface area contributed by atoms with Crippen LogP contribution in [0.3, 0.4) is 0 Å². The number of amides is 3. The molecule has 0 aliphatic carbocycles. The third-order valence-corrected chi connectivity index (χ3v) is 9.11. The second-order valence-electron chi connectivity index (χ2n) is 11.5. The van der Waals surface area contributed by atoms with Crippen LogP contribution >= 0.6 is 0 Å². The third-order valence-electron chi connectivity index (χ3n) is 7.33. The van der Waals surface area contributed by atoms with Crippen LogP contribution in [-0.4, -0.2) is 45.2 Å². The molecule has 0 aliphatic rings. The molecule has 7 N–H and O–H groups in total. The number of carbonyl (C=O) groups is 3. The van der Waals surface area contributed by atoms with Crippen LogP contribution in [0.1, 0.15) is 45.4 Å². The number of nitrogens with two attached hydrogens (primary N) is 2. The van der Waals surface area contributed by atoms with Crippen LogP contribution in [0.15, 0.2) is 112 Å². The molecule has 0 aromatic heterocycles. The summed E-state index contributed by atoms with van der Waals surface area (Å²) < 4.78 is 38.3. The van der Waals surface area contributed by atoms with Crippen LogP contribution in [0.2, 0.25) is 0 Å². The van der Waals surface area contributed by atoms with E-state index in [1.54, 1.807) is 72.8 Å². The van der Waals surface area contributed by atoms with E-state index in [9.17, 15) is 22.8 Å². The summed E-state index contributed by atoms with van der Waals surface area (Å²) in [4.78, 5) is 39.3. The number of nitrogens with zero attached hydrogens (tertiary/aromatic N) is 1. The summed E-state index contributed by atoms with van der Waals surface area (Å²) in [7, 11) is -3.81. The molecular formula is C37H42N6O7S. The number of guanidine groups is 1. The lowest BCUT2D eigenvalue weighted by molar-refractivity contribution is -0.119. The predicted octanol–water partition coefficient (Wildman–Crippen LogP) is 5.73. The lowest BCUT2D eigenvalue weighted by atomic mass is 10.2. The highest BCUT2D eigenvalue weighted by molar-refractivity contribution is 7.91. The standard InChI is InChI=1S/C37H42N6O7S/c1-26(44)40-24-4-2-6-35(45)42-27-8-12-29(13-9-27)49-31-16-20-33(21-17-31)51(47,48)34-22-18-32(19-23-34)50-30-14-10-28(11-15-30)43-36(46)7-3-5-25-41-37(38)39/h8-23H,2-7,24-25H2,1H3,(H,40,44)(H,42,45)(H,43,46)(H4,38,39,41). The molecule has 4 rings (SSSR count). The molecule has 51 heavy (non-hydrogen) atoms. The van der Waals surface area contributed by atoms with E-state index in [1.165, 1.54) is 31.2 Å². The quantitative estimate of drug-likeness (QED) is 0.0484. The van der Waals surface area contributed by atoms with Crippen molar-refractivity contribution in [3.05, 3.63) is 97.1 Å². The van der Waals surface area contributed by atoms with Crippen molar-refractivity contribution in [2.45, 2.75) is 55.2 Å². The van der Waals surface area contributed by atoms with Crippen molar-refractivity contribution < 1.29 is 32.3 Å². The zero-order chi connectivity index (χ0) is 36.6. The number of hydrogen-bond donors (Lipinski definition) is 5. The van der Waals surface area contributed by atoms with Crippen LogP contribution in [0, 0.1) is 0 Å². The van der Waals surface area contributed by atoms with Gasteiger partial charge >= 0.3 is 0 Å². The van der Waals surface area contributed by atoms with Gasteiger partial charge in [0, 0.05) is 44.2 Å². The maximum absolute atomic E-state index is 13.3. The minimum atomic E-state index is -3.81. The van der Waals surface area contributed by atoms with Gasteiger partial charge in [-0.05, 0) is 123 Å². The second-order valence-corrected chi connectivity index (χ2v) is 13.4. The number of anilines is 2. The molecule has 4 aromatic carbocycles. The van der Waals surface area contributed by atoms with Crippen LogP contribution in [0.5, 0.6) is 23.0 Å². The average molecular weight is 715 g/mol. The number of sulfone groups is 1. The number of aliphatic imine (C=N–C) groups is 1. The smallest absolute Gasteiger partial charge is 0.224 e. The monoisotopic (exact) mass is 714 g/mol. The summed E-state index contributed by atoms with van der Waals surface area (Å²) in [5.41, 5.74) is 11.8. The van der Waals surface area contributed by atoms with Gasteiger partial charge in [0.25, 0.3) is 0 Å². The number of unbranched alkanes of at least 4 members (excludes halogenated alkanes) is 2. The Morgan fingerprint density at radius 2 is 1.00 bits per heavy atom. The van der Waals surface area contributed by atoms with Gasteiger partial charge < -0.3 is 36.9 Å². The maximum Gasteiger partial charge on any atom is 0.224 e. The largest absolute Gasteiger partial charge is 0.457 e. The average Bonchev–Trinajstić information content (AvgIpc) is 3.10. The van der Waals surface area contributed by atoms with Crippen molar-refractivity contribution in [1.82, 2.24) is 5.32 Å². The van der Waals surface area contributed by atoms with Crippen LogP contribution in [0.4, 0.5) is 11.4 Å². The number of rotatable bonds is 18. The molecule has 13 nitrogen and oxygen atoms in total. The summed E-state index contributed by atoms with van der Waals surface area (Å²) in [6.07, 6.45) is 3.41. The van der Waals surface area contributed by atoms with Crippen molar-refractivity contribution in [3.8, 4) is 23.0 Å². The molecule has 0 saturated heterocycles. The molecule has 4 aromatic rings. The first-order chi connectivity index (χ1) is 24.5. The Bertz CT molecular complexity index is 1890. The molecule has 268 valence electrons. The van der Waals surface area contributed by atoms with E-state index in [0.29, 0.717) is 86.0 Å². The lowest BCUT2D eigenvalue weighted by Crippen LogP contribution is -2.23. The molecule has 0 bridgehead atoms. The molecule has 0 spiro atoms. The highest BCUT2D eigenvalue weighted by Crippen LogP contribution is 2.29. The summed E-state index contributed by atoms with van der Waals surface area (Å²) in [6.45, 7) is 2.47. The Morgan fingerprint density at radius 1 is 0.608 bits per heavy atom. The predicted molar refractivity (Wildman–Crippen MR) is 196 cm³/mol. The van der Waals surface area contributed by atoms with Gasteiger partial charge in [-0.15, -0.1) is 0 Å². The first-order valence-electron chi connectivity index (χ1n) is 16.4. The minimum absolute atomic E-state index is 0.0346. The van der Waals surface area contributed by atoms with Gasteiger partial charge in [-0.25, -0.2) is 8.42 Å². The zero-order valence-electron chi connectivity index (χ0n) is 28.3. The topological polar surface area (TPSA) is 204 Å². The van der Waals surface area contributed by atoms with E-state index < -0.39 is 9.84 Å². The van der Waals surface area contributed by atoms with Gasteiger partial charge in [0.05, 0.1) is 9.79 Å². The number of ether oxygens (including phenoxy) is 2. The van der Waals surface area contributed by atoms with E-state index in [0.717, 1.165) is 0 Å². The first kappa shape index (κ1) is 37.9. The molecule has 3 amide bonds. The summed E-state index contributed by atoms with van der Waals surface area (Å²) in [5.74, 6) is 1.62. The van der Waals surface area contributed by atoms with Gasteiger partial charge in [0.15, 0.2) is 5.96 Å². The lowest BCUT2D eigenvalue weighted by Gasteiger charge is -2.10. The van der Waals surface area contributed by atoms with Crippen molar-refractivity contribution in [3.63, 3.8) is 0 Å². The Hall–Kier alpha value is -5.89. The summed E-state index contributed by atoms with van der Waals surface area (Å²) >= 11 is 0. The second kappa shape index (κ2) is 18.8. The highest BCUT2D eigenvalue weighted by atomic mass is 32.2. The molecule has 0 atom stereocenters. The Kier molecular flexibility index (Phi) is 13.9. The van der Waals surface area contributed by atoms with Gasteiger partial charge in [0.2, 0.25) is 27.6 Å². The van der Waals surface area contributed by atoms with Gasteiger partial charge in [-0.3, -0.25) is 19.4 Å². The fourth-order valence-electron chi connectivity index (χ4n) is 4.72. The minimum Gasteiger partial charge on any atom is -0.457 e. The number of benzene rings is 4. The van der Waals surface area contributed by atoms with E-state index in [1.807, 2.05) is 0 Å². The van der Waals surface area contributed by atoms with E-state index >= 15 is 0 Å². The molecule has 0 radical (unpaired) electrons. The van der Waals surface area contributed by atoms with E-state index in [-0.39, 0.29) is 33.5 Å². The van der Waals surface area contributed by atoms with Crippen molar-refractivity contribution >= 4 is 44.9 Å². The normalized spacial score (nSPS) is 10.8. The third kappa shape index (κ3) is 12.8. The van der Waals surface area contributed by atoms with Crippen LogP contribution in [-0.2, 0) is 24.2 Å². The molecule has 14 heteroatoms. The molecule has 0 heterocycles. The summed E-state index contributed by atoms with van der Waals surface area (Å²) in [5, 5.41) is 8.36. The molecule has 0 unspecified atom stereocenters. The fraction of sp³-hybridized carbons (Fsp3) is 0.243. The summed E-state index contributed by atoms with van der Waals surface area (Å²) in [6, 6.07) is 25.9. The van der Waals surface area contributed by atoms with Crippen molar-refractivity contribution in [2.75, 3.05) is 23.7 Å². The van der Waals surface area contributed by atoms with Gasteiger partial charge in [-0.2, -0.15) is 0 Å². The number of carbonyl (C=O) groups excluding carboxylic acids is 3. The van der Waals surface area contributed by atoms with Gasteiger partial charge in [0.1, 0.15) is 23.0 Å². The zero-order valence-corrected chi connectivity index (χ0v) is 29.1. The Labute approximate surface area is 297 Å². The van der Waals surface area contributed by atoms with Crippen LogP contribution < -0.4 is 36.9 Å². The molecular weight excluding hydrogens is 673 g/mol. The Balaban J connectivity index is 1.24. The van der Waals surface area contributed by atoms with E-state index in [2.05, 4.69) is 20.9 Å². The SMILES string of the molecule is CC(=O)NCCCCC(=O)Nc1ccc(Oc2ccc(S(=O)(=O)c3ccc(Oc4ccc(NC(=O)CCCCN=C(N)N)cc4)cc3)cc2)cc1. The highest BCUT2D eigenvalue weighted by Gasteiger charge is 2.18. The first-order valence-corrected chi connectivity index (χ1v) is 17.9. The van der Waals surface area contributed by atoms with Gasteiger partial charge in [-0.1, -0.05) is 0 Å². The van der Waals surface area contributed by atoms with Crippen LogP contribution in [0.25, 0.3) is 0 Å². The maximum atomic E-state index is 13.3. The van der Waals surface area contributed by atoms with Crippen molar-refractivity contribution in [2.24, 2.45) is 16.5 Å². The number of hydrogen-bond acceptors (Lipinski definition) is 8. The molecule has 0 fully saturated rings.